The number of fused-ring (bicyclic) bond motifs is 1. The maximum Gasteiger partial charge on any atom is 0.252 e. The molecule has 0 saturated carbocycles. The van der Waals surface area contributed by atoms with Gasteiger partial charge in [0.1, 0.15) is 9.22 Å². The van der Waals surface area contributed by atoms with E-state index in [-0.39, 0.29) is 22.7 Å². The van der Waals surface area contributed by atoms with E-state index < -0.39 is 10.0 Å². The van der Waals surface area contributed by atoms with Crippen LogP contribution in [-0.2, 0) is 14.8 Å². The van der Waals surface area contributed by atoms with Crippen molar-refractivity contribution in [3.63, 3.8) is 0 Å². The molecule has 1 aliphatic rings. The van der Waals surface area contributed by atoms with Crippen LogP contribution in [0, 0.1) is 0 Å². The van der Waals surface area contributed by atoms with Gasteiger partial charge in [0.2, 0.25) is 5.91 Å². The van der Waals surface area contributed by atoms with Crippen LogP contribution >= 0.6 is 22.7 Å². The SMILES string of the molecule is CN(CC(=O)N1CCCC1c1nc2ccccc2s1)S(=O)(=O)c1cccs1. The predicted molar refractivity (Wildman–Crippen MR) is 107 cm³/mol. The summed E-state index contributed by atoms with van der Waals surface area (Å²) in [6, 6.07) is 11.1. The Morgan fingerprint density at radius 2 is 2.11 bits per heavy atom. The first-order valence-corrected chi connectivity index (χ1v) is 11.8. The third-order valence-electron chi connectivity index (χ3n) is 4.69. The fourth-order valence-corrected chi connectivity index (χ4v) is 6.72. The van der Waals surface area contributed by atoms with Crippen molar-refractivity contribution in [1.82, 2.24) is 14.2 Å². The number of benzene rings is 1. The number of aromatic nitrogens is 1. The predicted octanol–water partition coefficient (Wildman–Crippen LogP) is 3.34. The van der Waals surface area contributed by atoms with E-state index in [0.717, 1.165) is 43.7 Å². The smallest absolute Gasteiger partial charge is 0.252 e. The fraction of sp³-hybridized carbons (Fsp3) is 0.333. The van der Waals surface area contributed by atoms with Crippen LogP contribution in [0.25, 0.3) is 10.2 Å². The minimum Gasteiger partial charge on any atom is -0.332 e. The van der Waals surface area contributed by atoms with E-state index in [9.17, 15) is 13.2 Å². The molecule has 3 heterocycles. The Hall–Kier alpha value is -1.81. The Morgan fingerprint density at radius 1 is 1.30 bits per heavy atom. The lowest BCUT2D eigenvalue weighted by Crippen LogP contribution is -2.40. The van der Waals surface area contributed by atoms with Crippen LogP contribution < -0.4 is 0 Å². The minimum atomic E-state index is -3.63. The average Bonchev–Trinajstić information content (AvgIpc) is 3.40. The van der Waals surface area contributed by atoms with Gasteiger partial charge < -0.3 is 4.90 Å². The fourth-order valence-electron chi connectivity index (χ4n) is 3.28. The topological polar surface area (TPSA) is 70.6 Å². The number of amides is 1. The Morgan fingerprint density at radius 3 is 2.85 bits per heavy atom. The van der Waals surface area contributed by atoms with Crippen molar-refractivity contribution in [2.45, 2.75) is 23.1 Å². The highest BCUT2D eigenvalue weighted by atomic mass is 32.2. The van der Waals surface area contributed by atoms with Crippen LogP contribution in [0.2, 0.25) is 0 Å². The molecular weight excluding hydrogens is 402 g/mol. The standard InChI is InChI=1S/C18H19N3O3S3/c1-20(27(23,24)17-9-5-11-25-17)12-16(22)21-10-4-7-14(21)18-19-13-6-2-3-8-15(13)26-18/h2-3,5-6,8-9,11,14H,4,7,10,12H2,1H3. The molecule has 9 heteroatoms. The first kappa shape index (κ1) is 18.5. The normalized spacial score (nSPS) is 17.9. The summed E-state index contributed by atoms with van der Waals surface area (Å²) in [6.45, 7) is 0.466. The molecule has 1 aliphatic heterocycles. The summed E-state index contributed by atoms with van der Waals surface area (Å²) < 4.78 is 27.6. The van der Waals surface area contributed by atoms with Crippen LogP contribution in [0.3, 0.4) is 0 Å². The summed E-state index contributed by atoms with van der Waals surface area (Å²) in [7, 11) is -2.18. The molecule has 1 saturated heterocycles. The van der Waals surface area contributed by atoms with Gasteiger partial charge >= 0.3 is 0 Å². The highest BCUT2D eigenvalue weighted by molar-refractivity contribution is 7.91. The molecule has 1 amide bonds. The molecule has 0 bridgehead atoms. The van der Waals surface area contributed by atoms with E-state index >= 15 is 0 Å². The molecule has 3 aromatic rings. The lowest BCUT2D eigenvalue weighted by molar-refractivity contribution is -0.132. The Labute approximate surface area is 166 Å². The second-order valence-electron chi connectivity index (χ2n) is 6.46. The third-order valence-corrected chi connectivity index (χ3v) is 9.00. The molecule has 0 aliphatic carbocycles. The highest BCUT2D eigenvalue weighted by Crippen LogP contribution is 2.36. The molecule has 1 fully saturated rings. The van der Waals surface area contributed by atoms with E-state index in [1.54, 1.807) is 33.7 Å². The molecule has 0 radical (unpaired) electrons. The molecule has 142 valence electrons. The van der Waals surface area contributed by atoms with Gasteiger partial charge in [-0.25, -0.2) is 13.4 Å². The second kappa shape index (κ2) is 7.31. The van der Waals surface area contributed by atoms with Crippen molar-refractivity contribution in [3.8, 4) is 0 Å². The number of nitrogens with zero attached hydrogens (tertiary/aromatic N) is 3. The van der Waals surface area contributed by atoms with Gasteiger partial charge in [0, 0.05) is 13.6 Å². The first-order valence-electron chi connectivity index (χ1n) is 8.61. The number of para-hydroxylation sites is 1. The van der Waals surface area contributed by atoms with Gasteiger partial charge in [-0.2, -0.15) is 4.31 Å². The molecular formula is C18H19N3O3S3. The lowest BCUT2D eigenvalue weighted by atomic mass is 10.2. The molecule has 0 spiro atoms. The number of carbonyl (C=O) groups excluding carboxylic acids is 1. The van der Waals surface area contributed by atoms with Crippen LogP contribution in [0.1, 0.15) is 23.9 Å². The molecule has 6 nitrogen and oxygen atoms in total. The second-order valence-corrected chi connectivity index (χ2v) is 10.7. The zero-order valence-electron chi connectivity index (χ0n) is 14.7. The molecule has 2 aromatic heterocycles. The largest absolute Gasteiger partial charge is 0.332 e. The quantitative estimate of drug-likeness (QED) is 0.633. The Bertz CT molecular complexity index is 1030. The zero-order chi connectivity index (χ0) is 19.0. The van der Waals surface area contributed by atoms with Crippen molar-refractivity contribution < 1.29 is 13.2 Å². The van der Waals surface area contributed by atoms with Crippen LogP contribution in [0.15, 0.2) is 46.0 Å². The van der Waals surface area contributed by atoms with Gasteiger partial charge in [-0.15, -0.1) is 22.7 Å². The molecule has 1 atom stereocenters. The maximum atomic E-state index is 12.9. The Kier molecular flexibility index (Phi) is 5.02. The van der Waals surface area contributed by atoms with Gasteiger partial charge in [-0.3, -0.25) is 4.79 Å². The number of likely N-dealkylation sites (N-methyl/N-ethyl adjacent to an activating group) is 1. The van der Waals surface area contributed by atoms with Crippen molar-refractivity contribution in [1.29, 1.82) is 0 Å². The minimum absolute atomic E-state index is 0.0762. The maximum absolute atomic E-state index is 12.9. The molecule has 4 rings (SSSR count). The van der Waals surface area contributed by atoms with E-state index in [2.05, 4.69) is 0 Å². The van der Waals surface area contributed by atoms with E-state index in [0.29, 0.717) is 6.54 Å². The van der Waals surface area contributed by atoms with Gasteiger partial charge in [0.25, 0.3) is 10.0 Å². The molecule has 1 aromatic carbocycles. The summed E-state index contributed by atoms with van der Waals surface area (Å²) in [5.41, 5.74) is 0.939. The molecule has 0 N–H and O–H groups in total. The number of carbonyl (C=O) groups is 1. The summed E-state index contributed by atoms with van der Waals surface area (Å²) in [5, 5.41) is 2.64. The summed E-state index contributed by atoms with van der Waals surface area (Å²) in [6.07, 6.45) is 1.75. The number of likely N-dealkylation sites (tertiary alicyclic amines) is 1. The Balaban J connectivity index is 1.52. The van der Waals surface area contributed by atoms with Crippen LogP contribution in [-0.4, -0.2) is 48.7 Å². The van der Waals surface area contributed by atoms with Gasteiger partial charge in [0.05, 0.1) is 22.8 Å². The summed E-state index contributed by atoms with van der Waals surface area (Å²) >= 11 is 2.76. The van der Waals surface area contributed by atoms with Crippen molar-refractivity contribution in [3.05, 3.63) is 46.8 Å². The van der Waals surface area contributed by atoms with E-state index in [1.165, 1.54) is 7.05 Å². The average molecular weight is 422 g/mol. The number of thiazole rings is 1. The molecule has 27 heavy (non-hydrogen) atoms. The molecule has 1 unspecified atom stereocenters. The van der Waals surface area contributed by atoms with Crippen molar-refractivity contribution >= 4 is 48.8 Å². The zero-order valence-corrected chi connectivity index (χ0v) is 17.2. The van der Waals surface area contributed by atoms with Gasteiger partial charge in [-0.05, 0) is 36.4 Å². The van der Waals surface area contributed by atoms with E-state index in [4.69, 9.17) is 4.98 Å². The van der Waals surface area contributed by atoms with Crippen molar-refractivity contribution in [2.75, 3.05) is 20.1 Å². The highest BCUT2D eigenvalue weighted by Gasteiger charge is 2.34. The third kappa shape index (κ3) is 3.52. The number of sulfonamides is 1. The van der Waals surface area contributed by atoms with Crippen LogP contribution in [0.4, 0.5) is 0 Å². The number of hydrogen-bond donors (Lipinski definition) is 0. The number of thiophene rings is 1. The first-order chi connectivity index (χ1) is 13.0. The number of rotatable bonds is 5. The van der Waals surface area contributed by atoms with Gasteiger partial charge in [0.15, 0.2) is 0 Å². The van der Waals surface area contributed by atoms with Crippen LogP contribution in [0.5, 0.6) is 0 Å². The monoisotopic (exact) mass is 421 g/mol. The number of hydrogen-bond acceptors (Lipinski definition) is 6. The van der Waals surface area contributed by atoms with Gasteiger partial charge in [-0.1, -0.05) is 18.2 Å². The lowest BCUT2D eigenvalue weighted by Gasteiger charge is -2.25. The van der Waals surface area contributed by atoms with Crippen molar-refractivity contribution in [2.24, 2.45) is 0 Å². The summed E-state index contributed by atoms with van der Waals surface area (Å²) in [4.78, 5) is 19.3. The summed E-state index contributed by atoms with van der Waals surface area (Å²) in [5.74, 6) is -0.181. The van der Waals surface area contributed by atoms with E-state index in [1.807, 2.05) is 24.3 Å².